The summed E-state index contributed by atoms with van der Waals surface area (Å²) in [7, 11) is -1.41. The van der Waals surface area contributed by atoms with Crippen LogP contribution in [0.3, 0.4) is 0 Å². The molecule has 0 aromatic heterocycles. The number of halogens is 2. The highest BCUT2D eigenvalue weighted by molar-refractivity contribution is 7.92. The number of para-hydroxylation sites is 2. The average Bonchev–Trinajstić information content (AvgIpc) is 2.94. The number of amides is 2. The molecular formula is C30H35Cl2N3O6S. The monoisotopic (exact) mass is 635 g/mol. The predicted molar refractivity (Wildman–Crippen MR) is 165 cm³/mol. The summed E-state index contributed by atoms with van der Waals surface area (Å²) in [6, 6.07) is 16.1. The van der Waals surface area contributed by atoms with Crippen molar-refractivity contribution in [2.24, 2.45) is 0 Å². The van der Waals surface area contributed by atoms with Gasteiger partial charge in [-0.05, 0) is 81.8 Å². The number of methoxy groups -OCH3 is 2. The van der Waals surface area contributed by atoms with Gasteiger partial charge >= 0.3 is 0 Å². The van der Waals surface area contributed by atoms with Crippen molar-refractivity contribution in [1.82, 2.24) is 10.2 Å². The lowest BCUT2D eigenvalue weighted by atomic mass is 10.1. The molecule has 0 fully saturated rings. The fourth-order valence-corrected chi connectivity index (χ4v) is 6.01. The number of sulfonamides is 1. The number of carbonyl (C=O) groups is 2. The fourth-order valence-electron chi connectivity index (χ4n) is 4.11. The van der Waals surface area contributed by atoms with Gasteiger partial charge in [-0.2, -0.15) is 0 Å². The van der Waals surface area contributed by atoms with Gasteiger partial charge in [-0.1, -0.05) is 41.4 Å². The molecule has 42 heavy (non-hydrogen) atoms. The molecule has 3 aromatic rings. The largest absolute Gasteiger partial charge is 0.497 e. The van der Waals surface area contributed by atoms with E-state index in [9.17, 15) is 18.0 Å². The van der Waals surface area contributed by atoms with E-state index < -0.39 is 40.0 Å². The third kappa shape index (κ3) is 8.08. The number of hydrogen-bond donors (Lipinski definition) is 1. The van der Waals surface area contributed by atoms with E-state index in [1.54, 1.807) is 43.3 Å². The third-order valence-electron chi connectivity index (χ3n) is 6.30. The molecule has 1 atom stereocenters. The van der Waals surface area contributed by atoms with Gasteiger partial charge in [0.15, 0.2) is 0 Å². The molecule has 0 bridgehead atoms. The van der Waals surface area contributed by atoms with Crippen molar-refractivity contribution in [1.29, 1.82) is 0 Å². The minimum atomic E-state index is -4.30. The van der Waals surface area contributed by atoms with Gasteiger partial charge in [0.05, 0.1) is 24.8 Å². The Bertz CT molecular complexity index is 1520. The number of rotatable bonds is 11. The van der Waals surface area contributed by atoms with Crippen LogP contribution in [-0.2, 0) is 26.2 Å². The second-order valence-corrected chi connectivity index (χ2v) is 13.2. The van der Waals surface area contributed by atoms with Gasteiger partial charge in [-0.25, -0.2) is 8.42 Å². The van der Waals surface area contributed by atoms with Gasteiger partial charge in [0.2, 0.25) is 11.8 Å². The van der Waals surface area contributed by atoms with Gasteiger partial charge in [0, 0.05) is 22.1 Å². The second-order valence-electron chi connectivity index (χ2n) is 10.5. The minimum Gasteiger partial charge on any atom is -0.497 e. The quantitative estimate of drug-likeness (QED) is 0.297. The zero-order chi connectivity index (χ0) is 31.2. The summed E-state index contributed by atoms with van der Waals surface area (Å²) in [5, 5.41) is 3.60. The molecule has 0 aliphatic carbocycles. The maximum Gasteiger partial charge on any atom is 0.264 e. The normalized spacial score (nSPS) is 12.3. The summed E-state index contributed by atoms with van der Waals surface area (Å²) < 4.78 is 39.7. The van der Waals surface area contributed by atoms with Crippen molar-refractivity contribution in [3.05, 3.63) is 82.3 Å². The van der Waals surface area contributed by atoms with Crippen LogP contribution in [-0.4, -0.2) is 57.5 Å². The first-order valence-electron chi connectivity index (χ1n) is 13.0. The summed E-state index contributed by atoms with van der Waals surface area (Å²) in [6.45, 7) is 6.34. The summed E-state index contributed by atoms with van der Waals surface area (Å²) >= 11 is 12.5. The van der Waals surface area contributed by atoms with E-state index in [4.69, 9.17) is 32.7 Å². The molecular weight excluding hydrogens is 601 g/mol. The van der Waals surface area contributed by atoms with Crippen molar-refractivity contribution in [3.63, 3.8) is 0 Å². The molecule has 0 aliphatic rings. The Balaban J connectivity index is 2.10. The minimum absolute atomic E-state index is 0.0622. The average molecular weight is 637 g/mol. The van der Waals surface area contributed by atoms with Gasteiger partial charge in [-0.3, -0.25) is 13.9 Å². The van der Waals surface area contributed by atoms with Crippen molar-refractivity contribution in [2.75, 3.05) is 25.1 Å². The van der Waals surface area contributed by atoms with Crippen molar-refractivity contribution in [2.45, 2.75) is 50.7 Å². The Kier molecular flexibility index (Phi) is 10.8. The number of nitrogens with one attached hydrogen (secondary N) is 1. The summed E-state index contributed by atoms with van der Waals surface area (Å²) in [4.78, 5) is 28.6. The lowest BCUT2D eigenvalue weighted by molar-refractivity contribution is -0.140. The molecule has 0 saturated heterocycles. The first-order valence-corrected chi connectivity index (χ1v) is 15.2. The zero-order valence-corrected chi connectivity index (χ0v) is 26.7. The van der Waals surface area contributed by atoms with Crippen LogP contribution in [0.1, 0.15) is 33.3 Å². The molecule has 0 heterocycles. The van der Waals surface area contributed by atoms with Crippen molar-refractivity contribution < 1.29 is 27.5 Å². The van der Waals surface area contributed by atoms with Crippen LogP contribution in [0.5, 0.6) is 11.5 Å². The van der Waals surface area contributed by atoms with Crippen LogP contribution in [0.15, 0.2) is 71.6 Å². The molecule has 12 heteroatoms. The number of benzene rings is 3. The molecule has 226 valence electrons. The Labute approximate surface area is 257 Å². The van der Waals surface area contributed by atoms with Crippen LogP contribution in [0.25, 0.3) is 0 Å². The molecule has 0 unspecified atom stereocenters. The molecule has 9 nitrogen and oxygen atoms in total. The lowest BCUT2D eigenvalue weighted by Crippen LogP contribution is -2.54. The van der Waals surface area contributed by atoms with Gasteiger partial charge < -0.3 is 19.7 Å². The highest BCUT2D eigenvalue weighted by atomic mass is 35.5. The highest BCUT2D eigenvalue weighted by Crippen LogP contribution is 2.33. The van der Waals surface area contributed by atoms with Gasteiger partial charge in [0.1, 0.15) is 24.1 Å². The smallest absolute Gasteiger partial charge is 0.264 e. The van der Waals surface area contributed by atoms with E-state index in [0.29, 0.717) is 21.4 Å². The Hall–Kier alpha value is -3.47. The highest BCUT2D eigenvalue weighted by Gasteiger charge is 2.34. The fraction of sp³-hybridized carbons (Fsp3) is 0.333. The number of ether oxygens (including phenoxy) is 2. The van der Waals surface area contributed by atoms with Crippen LogP contribution in [0.2, 0.25) is 10.0 Å². The van der Waals surface area contributed by atoms with E-state index >= 15 is 0 Å². The number of carbonyl (C=O) groups excluding carboxylic acids is 2. The van der Waals surface area contributed by atoms with Crippen molar-refractivity contribution >= 4 is 50.7 Å². The van der Waals surface area contributed by atoms with Crippen LogP contribution in [0, 0.1) is 0 Å². The van der Waals surface area contributed by atoms with Crippen LogP contribution >= 0.6 is 23.2 Å². The van der Waals surface area contributed by atoms with Crippen LogP contribution in [0.4, 0.5) is 5.69 Å². The number of nitrogens with zero attached hydrogens (tertiary/aromatic N) is 2. The molecule has 0 radical (unpaired) electrons. The van der Waals surface area contributed by atoms with E-state index in [1.807, 2.05) is 20.8 Å². The molecule has 0 saturated carbocycles. The van der Waals surface area contributed by atoms with Crippen molar-refractivity contribution in [3.8, 4) is 11.5 Å². The molecule has 0 aliphatic heterocycles. The van der Waals surface area contributed by atoms with E-state index in [1.165, 1.54) is 49.5 Å². The number of hydrogen-bond acceptors (Lipinski definition) is 6. The first-order chi connectivity index (χ1) is 19.7. The maximum absolute atomic E-state index is 14.1. The predicted octanol–water partition coefficient (Wildman–Crippen LogP) is 5.54. The number of anilines is 1. The topological polar surface area (TPSA) is 105 Å². The summed E-state index contributed by atoms with van der Waals surface area (Å²) in [5.41, 5.74) is 0.117. The molecule has 2 amide bonds. The summed E-state index contributed by atoms with van der Waals surface area (Å²) in [6.07, 6.45) is 0. The maximum atomic E-state index is 14.1. The zero-order valence-electron chi connectivity index (χ0n) is 24.4. The molecule has 3 aromatic carbocycles. The third-order valence-corrected chi connectivity index (χ3v) is 8.66. The standard InChI is InChI=1S/C30H35Cl2N3O6S/c1-20(29(37)33-30(2,3)4)34(18-21-11-12-22(31)17-25(21)32)28(36)19-35(26-9-7-8-10-27(26)41-6)42(38,39)24-15-13-23(40-5)14-16-24/h7-17,20H,18-19H2,1-6H3,(H,33,37)/t20-/m1/s1. The van der Waals surface area contributed by atoms with E-state index in [2.05, 4.69) is 5.32 Å². The molecule has 0 spiro atoms. The van der Waals surface area contributed by atoms with Gasteiger partial charge in [0.25, 0.3) is 10.0 Å². The Morgan fingerprint density at radius 1 is 0.952 bits per heavy atom. The first kappa shape index (κ1) is 33.0. The van der Waals surface area contributed by atoms with E-state index in [-0.39, 0.29) is 22.9 Å². The van der Waals surface area contributed by atoms with E-state index in [0.717, 1.165) is 4.31 Å². The molecule has 3 rings (SSSR count). The Morgan fingerprint density at radius 3 is 2.17 bits per heavy atom. The lowest BCUT2D eigenvalue weighted by Gasteiger charge is -2.34. The SMILES string of the molecule is COc1ccc(S(=O)(=O)N(CC(=O)N(Cc2ccc(Cl)cc2Cl)[C@H](C)C(=O)NC(C)(C)C)c2ccccc2OC)cc1. The summed E-state index contributed by atoms with van der Waals surface area (Å²) in [5.74, 6) is -0.338. The molecule has 1 N–H and O–H groups in total. The van der Waals surface area contributed by atoms with Gasteiger partial charge in [-0.15, -0.1) is 0 Å². The Morgan fingerprint density at radius 2 is 1.60 bits per heavy atom. The van der Waals surface area contributed by atoms with Crippen LogP contribution < -0.4 is 19.1 Å². The second kappa shape index (κ2) is 13.7.